The van der Waals surface area contributed by atoms with E-state index < -0.39 is 18.3 Å². The monoisotopic (exact) mass is 267 g/mol. The zero-order valence-electron chi connectivity index (χ0n) is 10.6. The van der Waals surface area contributed by atoms with Gasteiger partial charge in [-0.05, 0) is 11.8 Å². The summed E-state index contributed by atoms with van der Waals surface area (Å²) >= 11 is 0. The third kappa shape index (κ3) is 3.03. The summed E-state index contributed by atoms with van der Waals surface area (Å²) in [6.07, 6.45) is -1.85. The zero-order chi connectivity index (χ0) is 14.1. The molecule has 0 aliphatic carbocycles. The first-order chi connectivity index (χ1) is 8.06. The van der Waals surface area contributed by atoms with Crippen LogP contribution in [0.25, 0.3) is 0 Å². The minimum absolute atomic E-state index is 0.0340. The Labute approximate surface area is 104 Å². The van der Waals surface area contributed by atoms with E-state index in [1.54, 1.807) is 6.08 Å². The highest BCUT2D eigenvalue weighted by molar-refractivity contribution is 5.84. The van der Waals surface area contributed by atoms with Gasteiger partial charge < -0.3 is 4.90 Å². The van der Waals surface area contributed by atoms with Gasteiger partial charge in [0.2, 0.25) is 0 Å². The number of hydrogen-bond acceptors (Lipinski definition) is 1. The second kappa shape index (κ2) is 4.90. The van der Waals surface area contributed by atoms with Crippen molar-refractivity contribution in [1.29, 1.82) is 0 Å². The molecule has 1 amide bonds. The maximum absolute atomic E-state index is 12.9. The van der Waals surface area contributed by atoms with Crippen LogP contribution in [0.1, 0.15) is 27.2 Å². The Morgan fingerprint density at radius 3 is 2.22 bits per heavy atom. The van der Waals surface area contributed by atoms with Crippen molar-refractivity contribution in [3.8, 4) is 0 Å². The second-order valence-corrected chi connectivity index (χ2v) is 5.40. The van der Waals surface area contributed by atoms with Gasteiger partial charge in [-0.25, -0.2) is 8.78 Å². The molecule has 0 aromatic heterocycles. The SMILES string of the molecule is CC(C)(C)C1=CCN(C(=O)C(F)(F)C(F)F)CC1. The molecule has 0 N–H and O–H groups in total. The lowest BCUT2D eigenvalue weighted by atomic mass is 9.83. The van der Waals surface area contributed by atoms with E-state index in [2.05, 4.69) is 0 Å². The van der Waals surface area contributed by atoms with Crippen molar-refractivity contribution in [2.45, 2.75) is 39.5 Å². The summed E-state index contributed by atoms with van der Waals surface area (Å²) in [5, 5.41) is 0. The van der Waals surface area contributed by atoms with Crippen molar-refractivity contribution >= 4 is 5.91 Å². The van der Waals surface area contributed by atoms with Crippen LogP contribution in [0.5, 0.6) is 0 Å². The van der Waals surface area contributed by atoms with Gasteiger partial charge in [-0.15, -0.1) is 0 Å². The Kier molecular flexibility index (Phi) is 4.08. The fourth-order valence-corrected chi connectivity index (χ4v) is 1.84. The van der Waals surface area contributed by atoms with Crippen molar-refractivity contribution in [3.63, 3.8) is 0 Å². The molecule has 1 rings (SSSR count). The molecule has 0 atom stereocenters. The number of carbonyl (C=O) groups excluding carboxylic acids is 1. The van der Waals surface area contributed by atoms with Crippen molar-refractivity contribution in [2.75, 3.05) is 13.1 Å². The van der Waals surface area contributed by atoms with E-state index in [0.717, 1.165) is 10.5 Å². The van der Waals surface area contributed by atoms with Gasteiger partial charge in [0.1, 0.15) is 0 Å². The van der Waals surface area contributed by atoms with Gasteiger partial charge in [-0.3, -0.25) is 4.79 Å². The Morgan fingerprint density at radius 1 is 1.33 bits per heavy atom. The molecule has 2 nitrogen and oxygen atoms in total. The van der Waals surface area contributed by atoms with E-state index in [-0.39, 0.29) is 18.5 Å². The Balaban J connectivity index is 2.75. The van der Waals surface area contributed by atoms with Crippen LogP contribution < -0.4 is 0 Å². The number of amides is 1. The molecule has 0 aromatic rings. The predicted molar refractivity (Wildman–Crippen MR) is 59.7 cm³/mol. The summed E-state index contributed by atoms with van der Waals surface area (Å²) in [6, 6.07) is 0. The first-order valence-electron chi connectivity index (χ1n) is 5.71. The quantitative estimate of drug-likeness (QED) is 0.556. The van der Waals surface area contributed by atoms with Crippen LogP contribution in [-0.2, 0) is 4.79 Å². The van der Waals surface area contributed by atoms with Crippen molar-refractivity contribution in [3.05, 3.63) is 11.6 Å². The molecule has 6 heteroatoms. The average Bonchev–Trinajstić information content (AvgIpc) is 2.26. The van der Waals surface area contributed by atoms with Crippen molar-refractivity contribution in [1.82, 2.24) is 4.90 Å². The van der Waals surface area contributed by atoms with E-state index in [1.807, 2.05) is 20.8 Å². The topological polar surface area (TPSA) is 20.3 Å². The average molecular weight is 267 g/mol. The van der Waals surface area contributed by atoms with Gasteiger partial charge >= 0.3 is 12.3 Å². The highest BCUT2D eigenvalue weighted by atomic mass is 19.3. The molecule has 1 aliphatic heterocycles. The molecule has 0 saturated heterocycles. The normalized spacial score (nSPS) is 18.0. The van der Waals surface area contributed by atoms with Gasteiger partial charge in [0.15, 0.2) is 0 Å². The third-order valence-electron chi connectivity index (χ3n) is 3.02. The van der Waals surface area contributed by atoms with Crippen molar-refractivity contribution < 1.29 is 22.4 Å². The highest BCUT2D eigenvalue weighted by Gasteiger charge is 2.51. The second-order valence-electron chi connectivity index (χ2n) is 5.40. The third-order valence-corrected chi connectivity index (χ3v) is 3.02. The van der Waals surface area contributed by atoms with Crippen LogP contribution in [0.15, 0.2) is 11.6 Å². The first kappa shape index (κ1) is 15.0. The number of hydrogen-bond donors (Lipinski definition) is 0. The lowest BCUT2D eigenvalue weighted by Gasteiger charge is -2.33. The molecule has 104 valence electrons. The van der Waals surface area contributed by atoms with Gasteiger partial charge in [0.05, 0.1) is 0 Å². The van der Waals surface area contributed by atoms with Crippen LogP contribution in [0.4, 0.5) is 17.6 Å². The maximum atomic E-state index is 12.9. The van der Waals surface area contributed by atoms with Gasteiger partial charge in [-0.1, -0.05) is 32.4 Å². The predicted octanol–water partition coefficient (Wildman–Crippen LogP) is 3.09. The minimum atomic E-state index is -4.59. The van der Waals surface area contributed by atoms with Gasteiger partial charge in [0, 0.05) is 13.1 Å². The molecule has 0 fully saturated rings. The molecule has 18 heavy (non-hydrogen) atoms. The largest absolute Gasteiger partial charge is 0.383 e. The Bertz CT molecular complexity index is 358. The Morgan fingerprint density at radius 2 is 1.89 bits per heavy atom. The van der Waals surface area contributed by atoms with Crippen LogP contribution in [-0.4, -0.2) is 36.2 Å². The van der Waals surface area contributed by atoms with E-state index in [9.17, 15) is 22.4 Å². The smallest absolute Gasteiger partial charge is 0.333 e. The molecule has 0 spiro atoms. The molecule has 0 unspecified atom stereocenters. The number of nitrogens with zero attached hydrogens (tertiary/aromatic N) is 1. The van der Waals surface area contributed by atoms with E-state index in [4.69, 9.17) is 0 Å². The standard InChI is InChI=1S/C12H17F4NO/c1-11(2,3)8-4-6-17(7-5-8)10(18)12(15,16)9(13)14/h4,9H,5-7H2,1-3H3. The number of halogens is 4. The van der Waals surface area contributed by atoms with Crippen LogP contribution in [0, 0.1) is 5.41 Å². The molecule has 1 heterocycles. The molecule has 0 aromatic carbocycles. The van der Waals surface area contributed by atoms with Crippen molar-refractivity contribution in [2.24, 2.45) is 5.41 Å². The molecule has 0 saturated carbocycles. The number of carbonyl (C=O) groups is 1. The summed E-state index contributed by atoms with van der Waals surface area (Å²) in [5.41, 5.74) is 0.951. The molecule has 0 radical (unpaired) electrons. The molecule has 1 aliphatic rings. The minimum Gasteiger partial charge on any atom is -0.333 e. The summed E-state index contributed by atoms with van der Waals surface area (Å²) < 4.78 is 49.9. The summed E-state index contributed by atoms with van der Waals surface area (Å²) in [6.45, 7) is 5.95. The van der Waals surface area contributed by atoms with E-state index in [1.165, 1.54) is 0 Å². The number of rotatable bonds is 2. The van der Waals surface area contributed by atoms with E-state index in [0.29, 0.717) is 6.42 Å². The van der Waals surface area contributed by atoms with Crippen LogP contribution >= 0.6 is 0 Å². The molecule has 0 bridgehead atoms. The van der Waals surface area contributed by atoms with Crippen LogP contribution in [0.2, 0.25) is 0 Å². The van der Waals surface area contributed by atoms with E-state index >= 15 is 0 Å². The summed E-state index contributed by atoms with van der Waals surface area (Å²) in [5.74, 6) is -6.38. The first-order valence-corrected chi connectivity index (χ1v) is 5.71. The van der Waals surface area contributed by atoms with Gasteiger partial charge in [-0.2, -0.15) is 8.78 Å². The fourth-order valence-electron chi connectivity index (χ4n) is 1.84. The lowest BCUT2D eigenvalue weighted by molar-refractivity contribution is -0.180. The summed E-state index contributed by atoms with van der Waals surface area (Å²) in [4.78, 5) is 12.1. The van der Waals surface area contributed by atoms with Crippen LogP contribution in [0.3, 0.4) is 0 Å². The lowest BCUT2D eigenvalue weighted by Crippen LogP contribution is -2.49. The summed E-state index contributed by atoms with van der Waals surface area (Å²) in [7, 11) is 0. The Hall–Kier alpha value is -1.07. The molecular weight excluding hydrogens is 250 g/mol. The molecular formula is C12H17F4NO. The highest BCUT2D eigenvalue weighted by Crippen LogP contribution is 2.32. The fraction of sp³-hybridized carbons (Fsp3) is 0.750. The number of alkyl halides is 4. The van der Waals surface area contributed by atoms with Gasteiger partial charge in [0.25, 0.3) is 5.91 Å². The zero-order valence-corrected chi connectivity index (χ0v) is 10.6. The maximum Gasteiger partial charge on any atom is 0.383 e.